The topological polar surface area (TPSA) is 46.5 Å². The van der Waals surface area contributed by atoms with Crippen molar-refractivity contribution in [3.63, 3.8) is 0 Å². The van der Waals surface area contributed by atoms with Gasteiger partial charge in [0.2, 0.25) is 0 Å². The average molecular weight is 649 g/mol. The lowest BCUT2D eigenvalue weighted by atomic mass is 9.93. The van der Waals surface area contributed by atoms with Gasteiger partial charge in [-0.15, -0.1) is 0 Å². The number of aromatic amines is 1. The van der Waals surface area contributed by atoms with Crippen molar-refractivity contribution in [1.29, 1.82) is 0 Å². The normalized spacial score (nSPS) is 12.0. The number of hydrogen-bond acceptors (Lipinski definition) is 2. The van der Waals surface area contributed by atoms with E-state index in [-0.39, 0.29) is 0 Å². The van der Waals surface area contributed by atoms with Crippen LogP contribution in [0.3, 0.4) is 0 Å². The number of fused-ring (bicyclic) bond motifs is 8. The van der Waals surface area contributed by atoms with E-state index in [4.69, 9.17) is 21.6 Å². The highest BCUT2D eigenvalue weighted by atomic mass is 35.5. The molecule has 232 valence electrons. The third-order valence-electron chi connectivity index (χ3n) is 8.92. The highest BCUT2D eigenvalue weighted by molar-refractivity contribution is 6.31. The minimum atomic E-state index is 0.660. The molecule has 2 aliphatic rings. The zero-order chi connectivity index (χ0) is 32.7. The van der Waals surface area contributed by atoms with Gasteiger partial charge in [-0.1, -0.05) is 103 Å². The zero-order valence-electron chi connectivity index (χ0n) is 26.4. The number of hydrogen-bond donors (Lipinski definition) is 1. The monoisotopic (exact) mass is 648 g/mol. The van der Waals surface area contributed by atoms with Crippen molar-refractivity contribution in [1.82, 2.24) is 19.5 Å². The van der Waals surface area contributed by atoms with Gasteiger partial charge in [-0.2, -0.15) is 0 Å². The number of H-pyrrole nitrogens is 1. The quantitative estimate of drug-likeness (QED) is 0.206. The second-order valence-corrected chi connectivity index (χ2v) is 12.6. The summed E-state index contributed by atoms with van der Waals surface area (Å²) in [6.45, 7) is 0. The summed E-state index contributed by atoms with van der Waals surface area (Å²) in [5, 5.41) is 0.660. The van der Waals surface area contributed by atoms with Crippen LogP contribution in [0.25, 0.3) is 85.4 Å². The number of benzene rings is 4. The molecule has 7 aromatic rings. The molecule has 49 heavy (non-hydrogen) atoms. The van der Waals surface area contributed by atoms with Crippen molar-refractivity contribution in [2.75, 3.05) is 0 Å². The molecule has 3 aromatic heterocycles. The Morgan fingerprint density at radius 2 is 1.04 bits per heavy atom. The van der Waals surface area contributed by atoms with E-state index in [0.717, 1.165) is 83.9 Å². The first-order valence-corrected chi connectivity index (χ1v) is 16.6. The van der Waals surface area contributed by atoms with E-state index in [9.17, 15) is 0 Å². The number of para-hydroxylation sites is 1. The Morgan fingerprint density at radius 1 is 0.469 bits per heavy atom. The maximum atomic E-state index is 6.76. The van der Waals surface area contributed by atoms with Crippen LogP contribution in [0.15, 0.2) is 146 Å². The van der Waals surface area contributed by atoms with Crippen molar-refractivity contribution in [3.05, 3.63) is 173 Å². The van der Waals surface area contributed by atoms with Gasteiger partial charge in [0.05, 0.1) is 33.8 Å². The Morgan fingerprint density at radius 3 is 1.71 bits per heavy atom. The fourth-order valence-corrected chi connectivity index (χ4v) is 7.04. The summed E-state index contributed by atoms with van der Waals surface area (Å²) in [6, 6.07) is 50.4. The summed E-state index contributed by atoms with van der Waals surface area (Å²) in [4.78, 5) is 13.9. The molecule has 0 saturated heterocycles. The number of nitrogens with one attached hydrogen (secondary N) is 1. The van der Waals surface area contributed by atoms with Crippen LogP contribution >= 0.6 is 11.6 Å². The third kappa shape index (κ3) is 5.38. The average Bonchev–Trinajstić information content (AvgIpc) is 3.94. The highest BCUT2D eigenvalue weighted by Gasteiger charge is 2.25. The molecule has 0 aliphatic carbocycles. The van der Waals surface area contributed by atoms with E-state index in [0.29, 0.717) is 5.02 Å². The summed E-state index contributed by atoms with van der Waals surface area (Å²) in [5.41, 5.74) is 14.8. The molecule has 0 unspecified atom stereocenters. The maximum absolute atomic E-state index is 6.76. The Kier molecular flexibility index (Phi) is 7.15. The predicted octanol–water partition coefficient (Wildman–Crippen LogP) is 11.8. The van der Waals surface area contributed by atoms with E-state index >= 15 is 0 Å². The number of nitrogens with zero attached hydrogens (tertiary/aromatic N) is 3. The van der Waals surface area contributed by atoms with Crippen LogP contribution in [0.1, 0.15) is 22.8 Å². The van der Waals surface area contributed by atoms with Gasteiger partial charge in [0, 0.05) is 38.4 Å². The SMILES string of the molecule is Clc1cccc(-c2c3nc(cc4ccc(cc5nc(cc6c(-c7ccccc7)c(-c7ccccc7)c2n6-c2ccccc2)C=C5)[nH]4)C=C3)c1. The van der Waals surface area contributed by atoms with Crippen LogP contribution < -0.4 is 0 Å². The van der Waals surface area contributed by atoms with E-state index in [1.54, 1.807) is 0 Å². The van der Waals surface area contributed by atoms with Crippen LogP contribution in [0, 0.1) is 0 Å². The van der Waals surface area contributed by atoms with Crippen molar-refractivity contribution in [3.8, 4) is 39.1 Å². The molecule has 8 bridgehead atoms. The highest BCUT2D eigenvalue weighted by Crippen LogP contribution is 2.47. The molecule has 1 N–H and O–H groups in total. The first-order chi connectivity index (χ1) is 24.2. The van der Waals surface area contributed by atoms with Crippen LogP contribution in [-0.4, -0.2) is 19.5 Å². The Hall–Kier alpha value is -6.23. The maximum Gasteiger partial charge on any atom is 0.0737 e. The van der Waals surface area contributed by atoms with Crippen LogP contribution in [0.2, 0.25) is 5.02 Å². The largest absolute Gasteiger partial charge is 0.355 e. The molecule has 4 aromatic carbocycles. The van der Waals surface area contributed by atoms with E-state index in [1.165, 1.54) is 0 Å². The molecular formula is C44H29ClN4. The van der Waals surface area contributed by atoms with Crippen molar-refractivity contribution in [2.24, 2.45) is 0 Å². The lowest BCUT2D eigenvalue weighted by Gasteiger charge is -2.13. The minimum absolute atomic E-state index is 0.660. The molecule has 5 heterocycles. The summed E-state index contributed by atoms with van der Waals surface area (Å²) in [6.07, 6.45) is 8.35. The number of aromatic nitrogens is 4. The molecule has 9 rings (SSSR count). The summed E-state index contributed by atoms with van der Waals surface area (Å²) in [5.74, 6) is 0. The minimum Gasteiger partial charge on any atom is -0.355 e. The second-order valence-electron chi connectivity index (χ2n) is 12.1. The van der Waals surface area contributed by atoms with E-state index < -0.39 is 0 Å². The van der Waals surface area contributed by atoms with Gasteiger partial charge in [0.1, 0.15) is 0 Å². The Labute approximate surface area is 289 Å². The predicted molar refractivity (Wildman–Crippen MR) is 205 cm³/mol. The molecular weight excluding hydrogens is 620 g/mol. The lowest BCUT2D eigenvalue weighted by Crippen LogP contribution is -1.97. The Bertz CT molecular complexity index is 2600. The smallest absolute Gasteiger partial charge is 0.0737 e. The first-order valence-electron chi connectivity index (χ1n) is 16.3. The summed E-state index contributed by atoms with van der Waals surface area (Å²) < 4.78 is 2.37. The van der Waals surface area contributed by atoms with Gasteiger partial charge in [0.25, 0.3) is 0 Å². The molecule has 0 saturated carbocycles. The molecule has 4 nitrogen and oxygen atoms in total. The van der Waals surface area contributed by atoms with Crippen LogP contribution in [-0.2, 0) is 0 Å². The molecule has 0 fully saturated rings. The van der Waals surface area contributed by atoms with E-state index in [2.05, 4.69) is 161 Å². The zero-order valence-corrected chi connectivity index (χ0v) is 27.1. The van der Waals surface area contributed by atoms with Crippen LogP contribution in [0.5, 0.6) is 0 Å². The molecule has 2 aliphatic heterocycles. The second kappa shape index (κ2) is 12.1. The standard InChI is InChI=1S/C44H29ClN4/c45-32-16-10-15-31(25-32)41-39-24-23-36(48-39)27-35-20-19-33(46-35)26-34-21-22-37(47-34)28-40-42(29-11-4-1-5-12-29)43(30-13-6-2-7-14-30)44(41)49(40)38-17-8-3-9-18-38/h1-28,46H. The summed E-state index contributed by atoms with van der Waals surface area (Å²) >= 11 is 6.76. The first kappa shape index (κ1) is 29.0. The molecule has 0 radical (unpaired) electrons. The third-order valence-corrected chi connectivity index (χ3v) is 9.16. The van der Waals surface area contributed by atoms with Gasteiger partial charge < -0.3 is 9.55 Å². The Balaban J connectivity index is 1.61. The summed E-state index contributed by atoms with van der Waals surface area (Å²) in [7, 11) is 0. The van der Waals surface area contributed by atoms with Crippen molar-refractivity contribution in [2.45, 2.75) is 0 Å². The van der Waals surface area contributed by atoms with Crippen molar-refractivity contribution < 1.29 is 0 Å². The van der Waals surface area contributed by atoms with Gasteiger partial charge >= 0.3 is 0 Å². The lowest BCUT2D eigenvalue weighted by molar-refractivity contribution is 1.17. The van der Waals surface area contributed by atoms with Crippen LogP contribution in [0.4, 0.5) is 0 Å². The van der Waals surface area contributed by atoms with Gasteiger partial charge in [0.15, 0.2) is 0 Å². The molecule has 5 heteroatoms. The number of halogens is 1. The number of rotatable bonds is 4. The fourth-order valence-electron chi connectivity index (χ4n) is 6.85. The van der Waals surface area contributed by atoms with E-state index in [1.807, 2.05) is 18.2 Å². The fraction of sp³-hybridized carbons (Fsp3) is 0. The van der Waals surface area contributed by atoms with Gasteiger partial charge in [-0.05, 0) is 95.6 Å². The van der Waals surface area contributed by atoms with Gasteiger partial charge in [-0.3, -0.25) is 0 Å². The van der Waals surface area contributed by atoms with Gasteiger partial charge in [-0.25, -0.2) is 9.97 Å². The molecule has 0 amide bonds. The van der Waals surface area contributed by atoms with Crippen molar-refractivity contribution >= 4 is 58.0 Å². The molecule has 0 atom stereocenters. The molecule has 0 spiro atoms.